The van der Waals surface area contributed by atoms with Crippen LogP contribution in [0.4, 0.5) is 15.8 Å². The molecule has 0 unspecified atom stereocenters. The van der Waals surface area contributed by atoms with Gasteiger partial charge in [-0.3, -0.25) is 14.4 Å². The lowest BCUT2D eigenvalue weighted by Crippen LogP contribution is -2.28. The number of halogens is 1. The highest BCUT2D eigenvalue weighted by molar-refractivity contribution is 6.03. The van der Waals surface area contributed by atoms with E-state index in [0.717, 1.165) is 0 Å². The van der Waals surface area contributed by atoms with Crippen LogP contribution in [0.1, 0.15) is 47.1 Å². The third-order valence-corrected chi connectivity index (χ3v) is 5.19. The first-order valence-corrected chi connectivity index (χ1v) is 10.8. The Morgan fingerprint density at radius 1 is 0.912 bits per heavy atom. The van der Waals surface area contributed by atoms with Gasteiger partial charge < -0.3 is 20.2 Å². The number of aliphatic hydroxyl groups is 1. The first-order valence-electron chi connectivity index (χ1n) is 10.8. The number of benzene rings is 2. The van der Waals surface area contributed by atoms with Crippen molar-refractivity contribution in [3.05, 3.63) is 58.0 Å². The van der Waals surface area contributed by atoms with E-state index in [2.05, 4.69) is 10.6 Å². The zero-order chi connectivity index (χ0) is 25.4. The fourth-order valence-electron chi connectivity index (χ4n) is 3.07. The van der Waals surface area contributed by atoms with Crippen molar-refractivity contribution in [3.63, 3.8) is 0 Å². The van der Waals surface area contributed by atoms with E-state index in [1.165, 1.54) is 36.4 Å². The summed E-state index contributed by atoms with van der Waals surface area (Å²) in [5, 5.41) is 15.1. The molecule has 1 aromatic heterocycles. The van der Waals surface area contributed by atoms with Gasteiger partial charge in [0.1, 0.15) is 17.2 Å². The predicted molar refractivity (Wildman–Crippen MR) is 130 cm³/mol. The molecule has 1 heterocycles. The molecule has 0 saturated heterocycles. The van der Waals surface area contributed by atoms with Gasteiger partial charge in [0.25, 0.3) is 0 Å². The number of hydrogen-bond acceptors (Lipinski definition) is 5. The Bertz CT molecular complexity index is 1330. The molecule has 3 rings (SSSR count). The average Bonchev–Trinajstić information content (AvgIpc) is 2.73. The molecule has 2 aromatic carbocycles. The number of rotatable bonds is 4. The van der Waals surface area contributed by atoms with E-state index in [0.29, 0.717) is 11.1 Å². The van der Waals surface area contributed by atoms with Crippen molar-refractivity contribution in [2.75, 3.05) is 10.6 Å². The largest absolute Gasteiger partial charge is 0.456 e. The standard InChI is InChI=1S/C26H29FN2O5/c1-25(2,3)23(32)28-17-8-7-15(11-16(17)27)20-12-19(31)22-18(29-24(33)26(4,5)6)9-14(13-30)10-21(22)34-20/h7-12,30H,13H2,1-6H3,(H,28,32)(H,29,33). The highest BCUT2D eigenvalue weighted by Crippen LogP contribution is 2.31. The minimum atomic E-state index is -0.705. The lowest BCUT2D eigenvalue weighted by Gasteiger charge is -2.19. The molecule has 0 aliphatic heterocycles. The van der Waals surface area contributed by atoms with Gasteiger partial charge in [-0.1, -0.05) is 41.5 Å². The van der Waals surface area contributed by atoms with Gasteiger partial charge in [-0.2, -0.15) is 0 Å². The number of hydrogen-bond donors (Lipinski definition) is 3. The van der Waals surface area contributed by atoms with E-state index < -0.39 is 22.1 Å². The van der Waals surface area contributed by atoms with Gasteiger partial charge in [-0.05, 0) is 35.9 Å². The molecule has 0 saturated carbocycles. The van der Waals surface area contributed by atoms with Crippen LogP contribution in [-0.4, -0.2) is 16.9 Å². The molecule has 0 atom stereocenters. The van der Waals surface area contributed by atoms with Gasteiger partial charge in [0.05, 0.1) is 23.4 Å². The van der Waals surface area contributed by atoms with Gasteiger partial charge in [0.2, 0.25) is 11.8 Å². The van der Waals surface area contributed by atoms with Crippen molar-refractivity contribution in [2.24, 2.45) is 10.8 Å². The molecule has 0 aliphatic carbocycles. The molecular weight excluding hydrogens is 439 g/mol. The second-order valence-corrected chi connectivity index (χ2v) is 10.3. The summed E-state index contributed by atoms with van der Waals surface area (Å²) < 4.78 is 20.6. The van der Waals surface area contributed by atoms with Gasteiger partial charge in [0, 0.05) is 22.5 Å². The van der Waals surface area contributed by atoms with Crippen molar-refractivity contribution < 1.29 is 23.5 Å². The molecule has 3 aromatic rings. The van der Waals surface area contributed by atoms with E-state index >= 15 is 0 Å². The van der Waals surface area contributed by atoms with Crippen LogP contribution >= 0.6 is 0 Å². The number of aliphatic hydroxyl groups excluding tert-OH is 1. The fraction of sp³-hybridized carbons (Fsp3) is 0.346. The molecule has 2 amide bonds. The maximum absolute atomic E-state index is 14.7. The van der Waals surface area contributed by atoms with Gasteiger partial charge >= 0.3 is 0 Å². The molecule has 8 heteroatoms. The summed E-state index contributed by atoms with van der Waals surface area (Å²) in [6.45, 7) is 10.0. The lowest BCUT2D eigenvalue weighted by atomic mass is 9.95. The van der Waals surface area contributed by atoms with Crippen LogP contribution in [0.25, 0.3) is 22.3 Å². The normalized spacial score (nSPS) is 12.0. The smallest absolute Gasteiger partial charge is 0.229 e. The Hall–Kier alpha value is -3.52. The Morgan fingerprint density at radius 3 is 2.03 bits per heavy atom. The van der Waals surface area contributed by atoms with E-state index in [-0.39, 0.29) is 46.5 Å². The van der Waals surface area contributed by atoms with Crippen LogP contribution in [0.15, 0.2) is 45.6 Å². The van der Waals surface area contributed by atoms with Crippen molar-refractivity contribution in [2.45, 2.75) is 48.1 Å². The third-order valence-electron chi connectivity index (χ3n) is 5.19. The van der Waals surface area contributed by atoms with Crippen LogP contribution in [-0.2, 0) is 16.2 Å². The summed E-state index contributed by atoms with van der Waals surface area (Å²) in [6.07, 6.45) is 0. The first kappa shape index (κ1) is 25.1. The minimum absolute atomic E-state index is 0.0153. The van der Waals surface area contributed by atoms with E-state index in [4.69, 9.17) is 4.42 Å². The van der Waals surface area contributed by atoms with Crippen molar-refractivity contribution in [3.8, 4) is 11.3 Å². The topological polar surface area (TPSA) is 109 Å². The average molecular weight is 469 g/mol. The Labute approximate surface area is 197 Å². The summed E-state index contributed by atoms with van der Waals surface area (Å²) in [6, 6.07) is 8.34. The molecule has 0 spiro atoms. The molecule has 0 aliphatic rings. The molecule has 34 heavy (non-hydrogen) atoms. The third kappa shape index (κ3) is 5.34. The van der Waals surface area contributed by atoms with E-state index in [1.54, 1.807) is 41.5 Å². The second-order valence-electron chi connectivity index (χ2n) is 10.3. The number of nitrogens with one attached hydrogen (secondary N) is 2. The number of fused-ring (bicyclic) bond motifs is 1. The zero-order valence-corrected chi connectivity index (χ0v) is 20.1. The quantitative estimate of drug-likeness (QED) is 0.496. The summed E-state index contributed by atoms with van der Waals surface area (Å²) in [5.41, 5.74) is -0.721. The predicted octanol–water partition coefficient (Wildman–Crippen LogP) is 5.06. The Morgan fingerprint density at radius 2 is 1.50 bits per heavy atom. The van der Waals surface area contributed by atoms with Crippen LogP contribution in [0.3, 0.4) is 0 Å². The molecule has 0 bridgehead atoms. The monoisotopic (exact) mass is 468 g/mol. The second kappa shape index (κ2) is 9.02. The summed E-state index contributed by atoms with van der Waals surface area (Å²) in [4.78, 5) is 37.7. The van der Waals surface area contributed by atoms with Crippen molar-refractivity contribution in [1.82, 2.24) is 0 Å². The SMILES string of the molecule is CC(C)(C)C(=O)Nc1ccc(-c2cc(=O)c3c(NC(=O)C(C)(C)C)cc(CO)cc3o2)cc1F. The van der Waals surface area contributed by atoms with E-state index in [9.17, 15) is 23.9 Å². The van der Waals surface area contributed by atoms with Gasteiger partial charge in [0.15, 0.2) is 5.43 Å². The number of carbonyl (C=O) groups excluding carboxylic acids is 2. The highest BCUT2D eigenvalue weighted by atomic mass is 19.1. The van der Waals surface area contributed by atoms with Gasteiger partial charge in [-0.15, -0.1) is 0 Å². The fourth-order valence-corrected chi connectivity index (χ4v) is 3.07. The Kier molecular flexibility index (Phi) is 6.66. The van der Waals surface area contributed by atoms with Crippen LogP contribution in [0.2, 0.25) is 0 Å². The van der Waals surface area contributed by atoms with Crippen LogP contribution < -0.4 is 16.1 Å². The Balaban J connectivity index is 2.07. The van der Waals surface area contributed by atoms with Crippen LogP contribution in [0.5, 0.6) is 0 Å². The number of amides is 2. The summed E-state index contributed by atoms with van der Waals surface area (Å²) in [7, 11) is 0. The summed E-state index contributed by atoms with van der Waals surface area (Å²) >= 11 is 0. The minimum Gasteiger partial charge on any atom is -0.456 e. The lowest BCUT2D eigenvalue weighted by molar-refractivity contribution is -0.123. The summed E-state index contributed by atoms with van der Waals surface area (Å²) in [5.74, 6) is -1.21. The van der Waals surface area contributed by atoms with Gasteiger partial charge in [-0.25, -0.2) is 4.39 Å². The maximum atomic E-state index is 14.7. The highest BCUT2D eigenvalue weighted by Gasteiger charge is 2.24. The number of anilines is 2. The maximum Gasteiger partial charge on any atom is 0.229 e. The molecule has 180 valence electrons. The van der Waals surface area contributed by atoms with Crippen LogP contribution in [0, 0.1) is 16.6 Å². The zero-order valence-electron chi connectivity index (χ0n) is 20.1. The molecule has 0 radical (unpaired) electrons. The van der Waals surface area contributed by atoms with E-state index in [1.807, 2.05) is 0 Å². The molecule has 0 fully saturated rings. The van der Waals surface area contributed by atoms with Crippen molar-refractivity contribution in [1.29, 1.82) is 0 Å². The number of carbonyl (C=O) groups is 2. The molecular formula is C26H29FN2O5. The molecule has 7 nitrogen and oxygen atoms in total. The molecule has 3 N–H and O–H groups in total. The first-order chi connectivity index (χ1) is 15.7. The van der Waals surface area contributed by atoms with Crippen molar-refractivity contribution >= 4 is 34.2 Å².